The third-order valence-corrected chi connectivity index (χ3v) is 3.66. The highest BCUT2D eigenvalue weighted by atomic mass is 16.5. The Bertz CT molecular complexity index is 512. The van der Waals surface area contributed by atoms with Gasteiger partial charge in [0.05, 0.1) is 12.2 Å². The Hall–Kier alpha value is -2.08. The van der Waals surface area contributed by atoms with Gasteiger partial charge in [0, 0.05) is 25.1 Å². The molecular weight excluding hydrogens is 272 g/mol. The summed E-state index contributed by atoms with van der Waals surface area (Å²) < 4.78 is 5.30. The number of ether oxygens (including phenoxy) is 1. The summed E-state index contributed by atoms with van der Waals surface area (Å²) in [4.78, 5) is 22.7. The molecule has 0 aliphatic carbocycles. The van der Waals surface area contributed by atoms with Crippen molar-refractivity contribution in [2.24, 2.45) is 5.92 Å². The van der Waals surface area contributed by atoms with Crippen LogP contribution in [-0.2, 0) is 11.3 Å². The van der Waals surface area contributed by atoms with Gasteiger partial charge >= 0.3 is 12.0 Å². The van der Waals surface area contributed by atoms with Crippen molar-refractivity contribution in [3.05, 3.63) is 35.4 Å². The molecule has 2 rings (SSSR count). The third-order valence-electron chi connectivity index (χ3n) is 3.66. The van der Waals surface area contributed by atoms with Crippen LogP contribution in [0.4, 0.5) is 4.79 Å². The molecule has 2 unspecified atom stereocenters. The van der Waals surface area contributed by atoms with Crippen LogP contribution in [0.1, 0.15) is 29.3 Å². The monoisotopic (exact) mass is 292 g/mol. The van der Waals surface area contributed by atoms with Crippen LogP contribution < -0.4 is 10.6 Å². The van der Waals surface area contributed by atoms with E-state index in [-0.39, 0.29) is 17.6 Å². The van der Waals surface area contributed by atoms with Gasteiger partial charge in [-0.3, -0.25) is 0 Å². The van der Waals surface area contributed by atoms with Gasteiger partial charge in [0.1, 0.15) is 0 Å². The molecule has 0 saturated carbocycles. The number of hydrogen-bond acceptors (Lipinski definition) is 3. The van der Waals surface area contributed by atoms with Crippen LogP contribution in [0.25, 0.3) is 0 Å². The van der Waals surface area contributed by atoms with Gasteiger partial charge in [-0.2, -0.15) is 0 Å². The predicted molar refractivity (Wildman–Crippen MR) is 77.2 cm³/mol. The smallest absolute Gasteiger partial charge is 0.335 e. The van der Waals surface area contributed by atoms with Gasteiger partial charge in [0.25, 0.3) is 0 Å². The van der Waals surface area contributed by atoms with E-state index in [0.29, 0.717) is 19.1 Å². The molecule has 3 N–H and O–H groups in total. The third kappa shape index (κ3) is 4.46. The molecule has 1 heterocycles. The lowest BCUT2D eigenvalue weighted by Gasteiger charge is -2.19. The first kappa shape index (κ1) is 15.3. The van der Waals surface area contributed by atoms with Gasteiger partial charge in [-0.25, -0.2) is 9.59 Å². The molecule has 1 saturated heterocycles. The zero-order chi connectivity index (χ0) is 15.2. The number of carboxylic acid groups (broad SMARTS) is 1. The van der Waals surface area contributed by atoms with Crippen molar-refractivity contribution >= 4 is 12.0 Å². The van der Waals surface area contributed by atoms with Crippen molar-refractivity contribution in [1.29, 1.82) is 0 Å². The van der Waals surface area contributed by atoms with Crippen LogP contribution in [0, 0.1) is 5.92 Å². The standard InChI is InChI=1S/C15H20N2O4/c1-10(13-5-6-21-9-13)17-15(20)16-8-11-3-2-4-12(7-11)14(18)19/h2-4,7,10,13H,5-6,8-9H2,1H3,(H,18,19)(H2,16,17,20). The molecule has 2 atom stereocenters. The maximum atomic E-state index is 11.8. The summed E-state index contributed by atoms with van der Waals surface area (Å²) in [6, 6.07) is 6.32. The first-order chi connectivity index (χ1) is 10.1. The molecule has 0 bridgehead atoms. The molecule has 1 aromatic rings. The Balaban J connectivity index is 1.80. The SMILES string of the molecule is CC(NC(=O)NCc1cccc(C(=O)O)c1)C1CCOC1. The maximum absolute atomic E-state index is 11.8. The summed E-state index contributed by atoms with van der Waals surface area (Å²) in [5.41, 5.74) is 0.966. The van der Waals surface area contributed by atoms with E-state index in [4.69, 9.17) is 9.84 Å². The molecule has 1 aromatic carbocycles. The predicted octanol–water partition coefficient (Wildman–Crippen LogP) is 1.61. The summed E-state index contributed by atoms with van der Waals surface area (Å²) >= 11 is 0. The number of urea groups is 1. The van der Waals surface area contributed by atoms with Gasteiger partial charge in [0.2, 0.25) is 0 Å². The minimum absolute atomic E-state index is 0.0536. The average molecular weight is 292 g/mol. The van der Waals surface area contributed by atoms with Gasteiger partial charge in [-0.05, 0) is 31.0 Å². The largest absolute Gasteiger partial charge is 0.478 e. The lowest BCUT2D eigenvalue weighted by Crippen LogP contribution is -2.44. The summed E-state index contributed by atoms with van der Waals surface area (Å²) in [6.45, 7) is 3.69. The fourth-order valence-electron chi connectivity index (χ4n) is 2.32. The van der Waals surface area contributed by atoms with E-state index in [1.807, 2.05) is 6.92 Å². The number of carbonyl (C=O) groups excluding carboxylic acids is 1. The summed E-state index contributed by atoms with van der Waals surface area (Å²) in [5, 5.41) is 14.5. The highest BCUT2D eigenvalue weighted by Crippen LogP contribution is 2.16. The number of hydrogen-bond donors (Lipinski definition) is 3. The van der Waals surface area contributed by atoms with E-state index in [9.17, 15) is 9.59 Å². The van der Waals surface area contributed by atoms with Crippen molar-refractivity contribution in [3.63, 3.8) is 0 Å². The molecule has 2 amide bonds. The van der Waals surface area contributed by atoms with E-state index in [0.717, 1.165) is 18.6 Å². The topological polar surface area (TPSA) is 87.7 Å². The zero-order valence-electron chi connectivity index (χ0n) is 12.0. The number of nitrogens with one attached hydrogen (secondary N) is 2. The zero-order valence-corrected chi connectivity index (χ0v) is 12.0. The van der Waals surface area contributed by atoms with E-state index >= 15 is 0 Å². The number of benzene rings is 1. The highest BCUT2D eigenvalue weighted by molar-refractivity contribution is 5.87. The number of carbonyl (C=O) groups is 2. The molecule has 0 spiro atoms. The first-order valence-electron chi connectivity index (χ1n) is 7.00. The van der Waals surface area contributed by atoms with Gasteiger partial charge in [0.15, 0.2) is 0 Å². The number of carboxylic acids is 1. The molecule has 6 nitrogen and oxygen atoms in total. The number of rotatable bonds is 5. The van der Waals surface area contributed by atoms with Crippen molar-refractivity contribution in [3.8, 4) is 0 Å². The number of aromatic carboxylic acids is 1. The molecule has 1 fully saturated rings. The molecule has 6 heteroatoms. The fraction of sp³-hybridized carbons (Fsp3) is 0.467. The molecule has 0 aromatic heterocycles. The van der Waals surface area contributed by atoms with Gasteiger partial charge in [-0.1, -0.05) is 12.1 Å². The molecule has 21 heavy (non-hydrogen) atoms. The second kappa shape index (κ2) is 7.08. The number of amides is 2. The van der Waals surface area contributed by atoms with Crippen molar-refractivity contribution in [2.45, 2.75) is 25.9 Å². The van der Waals surface area contributed by atoms with Crippen LogP contribution in [0.15, 0.2) is 24.3 Å². The Kier molecular flexibility index (Phi) is 5.16. The molecule has 1 aliphatic rings. The van der Waals surface area contributed by atoms with Crippen LogP contribution in [0.3, 0.4) is 0 Å². The average Bonchev–Trinajstić information content (AvgIpc) is 2.99. The van der Waals surface area contributed by atoms with E-state index in [2.05, 4.69) is 10.6 Å². The molecular formula is C15H20N2O4. The normalized spacial score (nSPS) is 19.0. The van der Waals surface area contributed by atoms with Crippen molar-refractivity contribution in [2.75, 3.05) is 13.2 Å². The molecule has 1 aliphatic heterocycles. The van der Waals surface area contributed by atoms with Crippen LogP contribution in [0.5, 0.6) is 0 Å². The summed E-state index contributed by atoms with van der Waals surface area (Å²) in [7, 11) is 0. The van der Waals surface area contributed by atoms with E-state index in [1.165, 1.54) is 6.07 Å². The lowest BCUT2D eigenvalue weighted by atomic mass is 10.0. The van der Waals surface area contributed by atoms with Gasteiger partial charge < -0.3 is 20.5 Å². The van der Waals surface area contributed by atoms with Crippen LogP contribution >= 0.6 is 0 Å². The first-order valence-corrected chi connectivity index (χ1v) is 7.00. The second-order valence-corrected chi connectivity index (χ2v) is 5.24. The summed E-state index contributed by atoms with van der Waals surface area (Å²) in [6.07, 6.45) is 0.960. The Morgan fingerprint density at radius 3 is 2.95 bits per heavy atom. The Morgan fingerprint density at radius 1 is 1.48 bits per heavy atom. The fourth-order valence-corrected chi connectivity index (χ4v) is 2.32. The van der Waals surface area contributed by atoms with Crippen LogP contribution in [0.2, 0.25) is 0 Å². The maximum Gasteiger partial charge on any atom is 0.335 e. The van der Waals surface area contributed by atoms with E-state index in [1.54, 1.807) is 18.2 Å². The minimum Gasteiger partial charge on any atom is -0.478 e. The van der Waals surface area contributed by atoms with Gasteiger partial charge in [-0.15, -0.1) is 0 Å². The Morgan fingerprint density at radius 2 is 2.29 bits per heavy atom. The van der Waals surface area contributed by atoms with E-state index < -0.39 is 5.97 Å². The highest BCUT2D eigenvalue weighted by Gasteiger charge is 2.23. The second-order valence-electron chi connectivity index (χ2n) is 5.24. The molecule has 0 radical (unpaired) electrons. The van der Waals surface area contributed by atoms with Crippen molar-refractivity contribution < 1.29 is 19.4 Å². The summed E-state index contributed by atoms with van der Waals surface area (Å²) in [5.74, 6) is -0.623. The molecule has 114 valence electrons. The van der Waals surface area contributed by atoms with Crippen molar-refractivity contribution in [1.82, 2.24) is 10.6 Å². The lowest BCUT2D eigenvalue weighted by molar-refractivity contribution is 0.0696. The van der Waals surface area contributed by atoms with Crippen LogP contribution in [-0.4, -0.2) is 36.4 Å². The minimum atomic E-state index is -0.976. The Labute approximate surface area is 123 Å². The quantitative estimate of drug-likeness (QED) is 0.769.